The zero-order valence-corrected chi connectivity index (χ0v) is 44.1. The van der Waals surface area contributed by atoms with Gasteiger partial charge in [0.05, 0.1) is 28.5 Å². The van der Waals surface area contributed by atoms with Crippen molar-refractivity contribution < 1.29 is 0 Å². The highest BCUT2D eigenvalue weighted by atomic mass is 15.0. The van der Waals surface area contributed by atoms with Crippen LogP contribution in [0.25, 0.3) is 145 Å². The van der Waals surface area contributed by atoms with Gasteiger partial charge in [0.2, 0.25) is 0 Å². The zero-order valence-electron chi connectivity index (χ0n) is 44.1. The first-order chi connectivity index (χ1) is 39.7. The maximum absolute atomic E-state index is 2.59. The summed E-state index contributed by atoms with van der Waals surface area (Å²) in [6, 6.07) is 87.0. The highest BCUT2D eigenvalue weighted by Gasteiger charge is 2.29. The molecule has 0 saturated carbocycles. The number of aromatic nitrogens is 2. The van der Waals surface area contributed by atoms with E-state index in [0.717, 1.165) is 59.8 Å². The van der Waals surface area contributed by atoms with Crippen molar-refractivity contribution in [2.24, 2.45) is 0 Å². The van der Waals surface area contributed by atoms with E-state index in [0.29, 0.717) is 0 Å². The summed E-state index contributed by atoms with van der Waals surface area (Å²) in [7, 11) is 0. The van der Waals surface area contributed by atoms with Crippen LogP contribution in [0.5, 0.6) is 0 Å². The van der Waals surface area contributed by atoms with Gasteiger partial charge in [-0.1, -0.05) is 212 Å². The van der Waals surface area contributed by atoms with Crippen LogP contribution < -0.4 is 0 Å². The van der Waals surface area contributed by atoms with Crippen LogP contribution in [0.4, 0.5) is 0 Å². The first kappa shape index (κ1) is 45.0. The number of rotatable bonds is 8. The fourth-order valence-electron chi connectivity index (χ4n) is 14.2. The monoisotopic (exact) mass is 1020 g/mol. The molecule has 13 aromatic rings. The second-order valence-electron chi connectivity index (χ2n) is 22.1. The van der Waals surface area contributed by atoms with Crippen molar-refractivity contribution in [2.75, 3.05) is 0 Å². The van der Waals surface area contributed by atoms with Crippen LogP contribution in [0.2, 0.25) is 0 Å². The quantitative estimate of drug-likeness (QED) is 0.134. The largest absolute Gasteiger partial charge is 0.309 e. The molecule has 0 radical (unpaired) electrons. The van der Waals surface area contributed by atoms with Crippen molar-refractivity contribution >= 4 is 66.4 Å². The van der Waals surface area contributed by atoms with Gasteiger partial charge in [0, 0.05) is 11.3 Å². The zero-order chi connectivity index (χ0) is 52.4. The maximum Gasteiger partial charge on any atom is 0.0553 e. The Labute approximate surface area is 465 Å². The molecule has 0 N–H and O–H groups in total. The summed E-state index contributed by atoms with van der Waals surface area (Å²) in [6.07, 6.45) is 18.1. The molecule has 2 nitrogen and oxygen atoms in total. The molecule has 11 aromatic carbocycles. The number of benzene rings is 11. The van der Waals surface area contributed by atoms with Gasteiger partial charge in [-0.25, -0.2) is 0 Å². The van der Waals surface area contributed by atoms with E-state index >= 15 is 0 Å². The Morgan fingerprint density at radius 2 is 0.775 bits per heavy atom. The lowest BCUT2D eigenvalue weighted by atomic mass is 9.78. The van der Waals surface area contributed by atoms with Crippen molar-refractivity contribution in [2.45, 2.75) is 25.7 Å². The third-order valence-corrected chi connectivity index (χ3v) is 17.8. The second kappa shape index (κ2) is 17.8. The molecule has 2 heterocycles. The SMILES string of the molecule is C1=Cc2ccc3c(-c4cc(-n5c(-c6ccccc6)ccc5-c5ccccc5)c(-c5ccc6c7c8c(ccc57)C=CCC8=CC6)c5cc6ccc(-n7c(-c8ccccc8)ccc7-c7ccccc7)cc6cc45)ccc4c3c2C(=CC4)C1. The fraction of sp³-hybridized carbons (Fsp3) is 0.0513. The first-order valence-electron chi connectivity index (χ1n) is 28.3. The van der Waals surface area contributed by atoms with E-state index in [-0.39, 0.29) is 0 Å². The summed E-state index contributed by atoms with van der Waals surface area (Å²) in [5.41, 5.74) is 27.6. The number of hydrogen-bond donors (Lipinski definition) is 0. The molecule has 0 aliphatic heterocycles. The molecule has 0 atom stereocenters. The average molecular weight is 1020 g/mol. The third-order valence-electron chi connectivity index (χ3n) is 17.8. The molecule has 2 heteroatoms. The predicted octanol–water partition coefficient (Wildman–Crippen LogP) is 20.6. The van der Waals surface area contributed by atoms with Crippen molar-refractivity contribution in [3.05, 3.63) is 288 Å². The minimum absolute atomic E-state index is 0.933. The van der Waals surface area contributed by atoms with Gasteiger partial charge in [0.1, 0.15) is 0 Å². The molecule has 4 aliphatic rings. The molecule has 374 valence electrons. The highest BCUT2D eigenvalue weighted by Crippen LogP contribution is 2.52. The summed E-state index contributed by atoms with van der Waals surface area (Å²) in [6.45, 7) is 0. The van der Waals surface area contributed by atoms with Crippen LogP contribution in [0, 0.1) is 0 Å². The Morgan fingerprint density at radius 1 is 0.300 bits per heavy atom. The van der Waals surface area contributed by atoms with Crippen LogP contribution >= 0.6 is 0 Å². The van der Waals surface area contributed by atoms with Crippen LogP contribution in [-0.4, -0.2) is 9.13 Å². The van der Waals surface area contributed by atoms with E-state index in [1.54, 1.807) is 0 Å². The molecule has 17 rings (SSSR count). The van der Waals surface area contributed by atoms with E-state index in [1.165, 1.54) is 132 Å². The number of fused-ring (bicyclic) bond motifs is 2. The minimum atomic E-state index is 0.933. The predicted molar refractivity (Wildman–Crippen MR) is 338 cm³/mol. The smallest absolute Gasteiger partial charge is 0.0553 e. The average Bonchev–Trinajstić information content (AvgIpc) is 4.26. The maximum atomic E-state index is 2.59. The van der Waals surface area contributed by atoms with Gasteiger partial charge in [0.25, 0.3) is 0 Å². The molecule has 0 saturated heterocycles. The standard InChI is InChI=1S/C78H52N2/c1-5-15-49(16-6-1)69-41-42-70(50-17-7-2-8-18-50)79(69)61-36-31-59-46-68-66(47-60(59)45-61)67(62-37-32-57-29-27-53-23-13-25-55-33-38-63(62)76(57)74(53)55)48-73(80-71(51-19-9-3-10-20-51)43-44-72(80)52-21-11-4-12-22-52)78(68)65-40-35-58-30-28-54-24-14-26-56-34-39-64(65)77(58)75(54)56/h1-22,25-28,31-48H,23-24,29-30H2. The van der Waals surface area contributed by atoms with Gasteiger partial charge in [-0.05, 0) is 207 Å². The third kappa shape index (κ3) is 6.85. The van der Waals surface area contributed by atoms with Crippen LogP contribution in [0.15, 0.2) is 255 Å². The van der Waals surface area contributed by atoms with Crippen molar-refractivity contribution in [3.63, 3.8) is 0 Å². The summed E-state index contributed by atoms with van der Waals surface area (Å²) in [5, 5.41) is 10.2. The lowest BCUT2D eigenvalue weighted by molar-refractivity contribution is 1.10. The van der Waals surface area contributed by atoms with Gasteiger partial charge < -0.3 is 9.13 Å². The lowest BCUT2D eigenvalue weighted by Crippen LogP contribution is -2.06. The Hall–Kier alpha value is -10.0. The molecule has 4 aliphatic carbocycles. The minimum Gasteiger partial charge on any atom is -0.309 e. The fourth-order valence-corrected chi connectivity index (χ4v) is 14.2. The van der Waals surface area contributed by atoms with Gasteiger partial charge in [-0.2, -0.15) is 0 Å². The Morgan fingerprint density at radius 3 is 1.30 bits per heavy atom. The number of hydrogen-bond acceptors (Lipinski definition) is 0. The summed E-state index contributed by atoms with van der Waals surface area (Å²) in [5.74, 6) is 0. The molecule has 0 amide bonds. The van der Waals surface area contributed by atoms with Gasteiger partial charge >= 0.3 is 0 Å². The summed E-state index contributed by atoms with van der Waals surface area (Å²) >= 11 is 0. The Bertz CT molecular complexity index is 4770. The Kier molecular flexibility index (Phi) is 10.00. The number of allylic oxidation sites excluding steroid dienone is 6. The van der Waals surface area contributed by atoms with Crippen molar-refractivity contribution in [3.8, 4) is 78.7 Å². The summed E-state index contributed by atoms with van der Waals surface area (Å²) in [4.78, 5) is 0. The summed E-state index contributed by atoms with van der Waals surface area (Å²) < 4.78 is 5.04. The lowest BCUT2D eigenvalue weighted by Gasteiger charge is -2.27. The van der Waals surface area contributed by atoms with Gasteiger partial charge in [-0.15, -0.1) is 0 Å². The van der Waals surface area contributed by atoms with Gasteiger partial charge in [0.15, 0.2) is 0 Å². The first-order valence-corrected chi connectivity index (χ1v) is 28.3. The van der Waals surface area contributed by atoms with Gasteiger partial charge in [-0.3, -0.25) is 0 Å². The van der Waals surface area contributed by atoms with E-state index in [9.17, 15) is 0 Å². The molecular weight excluding hydrogens is 965 g/mol. The second-order valence-corrected chi connectivity index (χ2v) is 22.1. The topological polar surface area (TPSA) is 9.86 Å². The molecule has 2 aromatic heterocycles. The Balaban J connectivity index is 1.03. The van der Waals surface area contributed by atoms with E-state index in [1.807, 2.05) is 0 Å². The molecule has 0 fully saturated rings. The van der Waals surface area contributed by atoms with Crippen LogP contribution in [-0.2, 0) is 12.8 Å². The van der Waals surface area contributed by atoms with E-state index < -0.39 is 0 Å². The molecule has 0 bridgehead atoms. The van der Waals surface area contributed by atoms with Crippen LogP contribution in [0.1, 0.15) is 46.2 Å². The number of nitrogens with zero attached hydrogens (tertiary/aromatic N) is 2. The van der Waals surface area contributed by atoms with E-state index in [2.05, 4.69) is 276 Å². The van der Waals surface area contributed by atoms with E-state index in [4.69, 9.17) is 0 Å². The van der Waals surface area contributed by atoms with Crippen LogP contribution in [0.3, 0.4) is 0 Å². The normalized spacial score (nSPS) is 13.8. The van der Waals surface area contributed by atoms with Crippen molar-refractivity contribution in [1.82, 2.24) is 9.13 Å². The molecular formula is C78H52N2. The molecule has 80 heavy (non-hydrogen) atoms. The molecule has 0 spiro atoms. The highest BCUT2D eigenvalue weighted by molar-refractivity contribution is 6.20. The van der Waals surface area contributed by atoms with Crippen molar-refractivity contribution in [1.29, 1.82) is 0 Å². The molecule has 0 unspecified atom stereocenters.